The Morgan fingerprint density at radius 2 is 2.38 bits per heavy atom. The molecule has 1 saturated carbocycles. The number of nitrogens with zero attached hydrogens (tertiary/aromatic N) is 2. The standard InChI is InChI=1S/C7H12N2O4/c1-3-13-7(10)5-4-6(5)8(2)9(11)12/h5-6H,3-4H2,1-2H3. The van der Waals surface area contributed by atoms with Crippen LogP contribution in [0.3, 0.4) is 0 Å². The molecule has 0 N–H and O–H groups in total. The fourth-order valence-corrected chi connectivity index (χ4v) is 1.22. The van der Waals surface area contributed by atoms with Crippen molar-refractivity contribution in [3.8, 4) is 0 Å². The fourth-order valence-electron chi connectivity index (χ4n) is 1.22. The summed E-state index contributed by atoms with van der Waals surface area (Å²) in [6.45, 7) is 2.04. The van der Waals surface area contributed by atoms with E-state index < -0.39 is 5.03 Å². The van der Waals surface area contributed by atoms with Crippen LogP contribution in [0.25, 0.3) is 0 Å². The summed E-state index contributed by atoms with van der Waals surface area (Å²) < 4.78 is 4.74. The van der Waals surface area contributed by atoms with Crippen LogP contribution in [0.2, 0.25) is 0 Å². The van der Waals surface area contributed by atoms with E-state index in [9.17, 15) is 14.9 Å². The highest BCUT2D eigenvalue weighted by Crippen LogP contribution is 2.35. The predicted molar refractivity (Wildman–Crippen MR) is 43.3 cm³/mol. The molecule has 2 unspecified atom stereocenters. The average molecular weight is 188 g/mol. The zero-order valence-corrected chi connectivity index (χ0v) is 7.60. The monoisotopic (exact) mass is 188 g/mol. The zero-order valence-electron chi connectivity index (χ0n) is 7.60. The van der Waals surface area contributed by atoms with Crippen molar-refractivity contribution in [1.82, 2.24) is 5.01 Å². The second-order valence-electron chi connectivity index (χ2n) is 2.97. The molecule has 1 aliphatic carbocycles. The molecule has 0 radical (unpaired) electrons. The van der Waals surface area contributed by atoms with Crippen LogP contribution >= 0.6 is 0 Å². The number of rotatable bonds is 4. The molecule has 6 nitrogen and oxygen atoms in total. The van der Waals surface area contributed by atoms with Crippen molar-refractivity contribution in [1.29, 1.82) is 0 Å². The summed E-state index contributed by atoms with van der Waals surface area (Å²) in [5.41, 5.74) is 0. The second kappa shape index (κ2) is 3.59. The van der Waals surface area contributed by atoms with Crippen molar-refractivity contribution >= 4 is 5.97 Å². The molecule has 1 aliphatic rings. The Morgan fingerprint density at radius 3 is 2.85 bits per heavy atom. The lowest BCUT2D eigenvalue weighted by atomic mass is 10.4. The van der Waals surface area contributed by atoms with Crippen LogP contribution < -0.4 is 0 Å². The fraction of sp³-hybridized carbons (Fsp3) is 0.857. The highest BCUT2D eigenvalue weighted by atomic mass is 16.7. The number of hydrogen-bond donors (Lipinski definition) is 0. The van der Waals surface area contributed by atoms with Crippen molar-refractivity contribution < 1.29 is 14.6 Å². The normalized spacial score (nSPS) is 25.1. The topological polar surface area (TPSA) is 72.7 Å². The summed E-state index contributed by atoms with van der Waals surface area (Å²) in [4.78, 5) is 21.4. The molecule has 0 amide bonds. The maximum absolute atomic E-state index is 11.1. The third-order valence-electron chi connectivity index (χ3n) is 2.08. The molecule has 0 spiro atoms. The third-order valence-corrected chi connectivity index (χ3v) is 2.08. The summed E-state index contributed by atoms with van der Waals surface area (Å²) >= 11 is 0. The van der Waals surface area contributed by atoms with Crippen LogP contribution in [-0.2, 0) is 9.53 Å². The van der Waals surface area contributed by atoms with Crippen molar-refractivity contribution in [2.45, 2.75) is 19.4 Å². The van der Waals surface area contributed by atoms with E-state index in [0.29, 0.717) is 13.0 Å². The molecule has 0 saturated heterocycles. The zero-order chi connectivity index (χ0) is 10.0. The van der Waals surface area contributed by atoms with Gasteiger partial charge in [0.15, 0.2) is 5.03 Å². The van der Waals surface area contributed by atoms with Gasteiger partial charge in [-0.25, -0.2) is 10.1 Å². The number of esters is 1. The summed E-state index contributed by atoms with van der Waals surface area (Å²) in [5, 5.41) is 10.7. The molecule has 0 aromatic carbocycles. The van der Waals surface area contributed by atoms with Crippen molar-refractivity contribution in [3.05, 3.63) is 10.1 Å². The molecule has 2 atom stereocenters. The van der Waals surface area contributed by atoms with Gasteiger partial charge in [-0.05, 0) is 13.3 Å². The maximum Gasteiger partial charge on any atom is 0.311 e. The number of hydrazine groups is 1. The minimum atomic E-state index is -0.510. The SMILES string of the molecule is CCOC(=O)C1CC1N(C)[N+](=O)[O-]. The lowest BCUT2D eigenvalue weighted by Crippen LogP contribution is -2.30. The smallest absolute Gasteiger partial charge is 0.311 e. The van der Waals surface area contributed by atoms with Gasteiger partial charge in [0.1, 0.15) is 6.04 Å². The molecular weight excluding hydrogens is 176 g/mol. The highest BCUT2D eigenvalue weighted by molar-refractivity contribution is 5.76. The van der Waals surface area contributed by atoms with E-state index in [-0.39, 0.29) is 17.9 Å². The van der Waals surface area contributed by atoms with Gasteiger partial charge in [0.25, 0.3) is 0 Å². The van der Waals surface area contributed by atoms with E-state index >= 15 is 0 Å². The molecule has 0 heterocycles. The number of nitro groups is 1. The molecule has 13 heavy (non-hydrogen) atoms. The Kier molecular flexibility index (Phi) is 2.69. The molecule has 0 bridgehead atoms. The maximum atomic E-state index is 11.1. The van der Waals surface area contributed by atoms with Crippen LogP contribution in [0, 0.1) is 16.0 Å². The number of carbonyl (C=O) groups excluding carboxylic acids is 1. The Hall–Kier alpha value is -1.33. The van der Waals surface area contributed by atoms with E-state index in [1.165, 1.54) is 7.05 Å². The van der Waals surface area contributed by atoms with Crippen LogP contribution in [0.15, 0.2) is 0 Å². The van der Waals surface area contributed by atoms with Gasteiger partial charge in [-0.1, -0.05) is 0 Å². The number of hydrogen-bond acceptors (Lipinski definition) is 4. The molecule has 6 heteroatoms. The summed E-state index contributed by atoms with van der Waals surface area (Å²) in [7, 11) is 1.36. The molecule has 1 rings (SSSR count). The molecule has 0 aromatic heterocycles. The minimum absolute atomic E-state index is 0.283. The Morgan fingerprint density at radius 1 is 1.77 bits per heavy atom. The lowest BCUT2D eigenvalue weighted by Gasteiger charge is -2.06. The van der Waals surface area contributed by atoms with E-state index in [1.807, 2.05) is 0 Å². The second-order valence-corrected chi connectivity index (χ2v) is 2.97. The Balaban J connectivity index is 2.37. The van der Waals surface area contributed by atoms with Crippen LogP contribution in [0.5, 0.6) is 0 Å². The van der Waals surface area contributed by atoms with Crippen molar-refractivity contribution in [2.75, 3.05) is 13.7 Å². The first-order valence-corrected chi connectivity index (χ1v) is 4.11. The molecule has 0 aliphatic heterocycles. The first-order chi connectivity index (χ1) is 6.07. The van der Waals surface area contributed by atoms with Gasteiger partial charge < -0.3 is 4.74 Å². The van der Waals surface area contributed by atoms with Gasteiger partial charge in [0, 0.05) is 0 Å². The number of carbonyl (C=O) groups is 1. The van der Waals surface area contributed by atoms with Gasteiger partial charge in [-0.15, -0.1) is 5.01 Å². The van der Waals surface area contributed by atoms with Crippen LogP contribution in [-0.4, -0.2) is 35.7 Å². The summed E-state index contributed by atoms with van der Waals surface area (Å²) in [6.07, 6.45) is 0.524. The van der Waals surface area contributed by atoms with Gasteiger partial charge >= 0.3 is 5.97 Å². The van der Waals surface area contributed by atoms with E-state index in [1.54, 1.807) is 6.92 Å². The van der Waals surface area contributed by atoms with Gasteiger partial charge in [0.2, 0.25) is 0 Å². The van der Waals surface area contributed by atoms with Gasteiger partial charge in [-0.2, -0.15) is 0 Å². The molecule has 1 fully saturated rings. The summed E-state index contributed by atoms with van der Waals surface area (Å²) in [6, 6.07) is -0.283. The van der Waals surface area contributed by atoms with Crippen LogP contribution in [0.4, 0.5) is 0 Å². The predicted octanol–water partition coefficient (Wildman–Crippen LogP) is 0.0615. The van der Waals surface area contributed by atoms with E-state index in [0.717, 1.165) is 5.01 Å². The molecular formula is C7H12N2O4. The Bertz CT molecular complexity index is 231. The largest absolute Gasteiger partial charge is 0.466 e. The van der Waals surface area contributed by atoms with E-state index in [2.05, 4.69) is 0 Å². The third kappa shape index (κ3) is 2.07. The van der Waals surface area contributed by atoms with Gasteiger partial charge in [-0.3, -0.25) is 4.79 Å². The molecule has 0 aromatic rings. The lowest BCUT2D eigenvalue weighted by molar-refractivity contribution is -0.652. The number of ether oxygens (including phenoxy) is 1. The van der Waals surface area contributed by atoms with E-state index in [4.69, 9.17) is 4.74 Å². The summed E-state index contributed by atoms with van der Waals surface area (Å²) in [5.74, 6) is -0.642. The molecule has 74 valence electrons. The highest BCUT2D eigenvalue weighted by Gasteiger charge is 2.51. The Labute approximate surface area is 75.6 Å². The quantitative estimate of drug-likeness (QED) is 0.354. The van der Waals surface area contributed by atoms with Crippen molar-refractivity contribution in [2.24, 2.45) is 5.92 Å². The van der Waals surface area contributed by atoms with Crippen molar-refractivity contribution in [3.63, 3.8) is 0 Å². The first kappa shape index (κ1) is 9.76. The van der Waals surface area contributed by atoms with Crippen LogP contribution in [0.1, 0.15) is 13.3 Å². The van der Waals surface area contributed by atoms with Gasteiger partial charge in [0.05, 0.1) is 19.6 Å². The average Bonchev–Trinajstić information content (AvgIpc) is 2.82. The minimum Gasteiger partial charge on any atom is -0.466 e. The first-order valence-electron chi connectivity index (χ1n) is 4.11.